The van der Waals surface area contributed by atoms with E-state index < -0.39 is 11.7 Å². The third kappa shape index (κ3) is 5.04. The molecule has 4 nitrogen and oxygen atoms in total. The van der Waals surface area contributed by atoms with Crippen molar-refractivity contribution >= 4 is 39.8 Å². The van der Waals surface area contributed by atoms with Crippen LogP contribution in [0.25, 0.3) is 22.3 Å². The van der Waals surface area contributed by atoms with Crippen molar-refractivity contribution in [3.8, 4) is 22.3 Å². The maximum absolute atomic E-state index is 14.6. The third-order valence-electron chi connectivity index (χ3n) is 9.01. The van der Waals surface area contributed by atoms with Crippen molar-refractivity contribution in [3.05, 3.63) is 151 Å². The molecule has 0 saturated carbocycles. The van der Waals surface area contributed by atoms with Crippen LogP contribution in [-0.2, 0) is 6.18 Å². The van der Waals surface area contributed by atoms with Crippen molar-refractivity contribution < 1.29 is 13.2 Å². The first-order chi connectivity index (χ1) is 22.9. The van der Waals surface area contributed by atoms with E-state index in [0.29, 0.717) is 24.7 Å². The van der Waals surface area contributed by atoms with E-state index in [9.17, 15) is 13.2 Å². The molecule has 7 heteroatoms. The number of anilines is 7. The van der Waals surface area contributed by atoms with Crippen LogP contribution in [0.3, 0.4) is 0 Å². The Morgan fingerprint density at radius 3 is 1.45 bits per heavy atom. The van der Waals surface area contributed by atoms with Crippen LogP contribution < -0.4 is 19.6 Å². The highest BCUT2D eigenvalue weighted by Crippen LogP contribution is 2.51. The second-order valence-corrected chi connectivity index (χ2v) is 11.9. The molecule has 47 heavy (non-hydrogen) atoms. The van der Waals surface area contributed by atoms with Crippen molar-refractivity contribution in [2.45, 2.75) is 6.18 Å². The lowest BCUT2D eigenvalue weighted by molar-refractivity contribution is -0.137. The average Bonchev–Trinajstić information content (AvgIpc) is 3.66. The summed E-state index contributed by atoms with van der Waals surface area (Å²) in [6, 6.07) is 47.0. The lowest BCUT2D eigenvalue weighted by Gasteiger charge is -2.28. The van der Waals surface area contributed by atoms with Gasteiger partial charge in [0.1, 0.15) is 6.67 Å². The second-order valence-electron chi connectivity index (χ2n) is 11.9. The number of nitrogens with zero attached hydrogens (tertiary/aromatic N) is 4. The van der Waals surface area contributed by atoms with Crippen molar-refractivity contribution in [3.63, 3.8) is 0 Å². The van der Waals surface area contributed by atoms with Crippen LogP contribution in [0.4, 0.5) is 53.0 Å². The Bertz CT molecular complexity index is 2020. The first-order valence-corrected chi connectivity index (χ1v) is 15.5. The number of hydrogen-bond acceptors (Lipinski definition) is 4. The van der Waals surface area contributed by atoms with Crippen molar-refractivity contribution in [2.24, 2.45) is 0 Å². The number of hydrogen-bond donors (Lipinski definition) is 0. The Morgan fingerprint density at radius 1 is 0.468 bits per heavy atom. The highest BCUT2D eigenvalue weighted by molar-refractivity contribution is 5.98. The number of fused-ring (bicyclic) bond motifs is 2. The maximum atomic E-state index is 14.6. The fourth-order valence-electron chi connectivity index (χ4n) is 6.83. The van der Waals surface area contributed by atoms with E-state index >= 15 is 0 Å². The summed E-state index contributed by atoms with van der Waals surface area (Å²) in [7, 11) is 1.95. The molecule has 0 aliphatic carbocycles. The Balaban J connectivity index is 1.30. The summed E-state index contributed by atoms with van der Waals surface area (Å²) < 4.78 is 43.7. The van der Waals surface area contributed by atoms with Gasteiger partial charge in [-0.25, -0.2) is 0 Å². The minimum atomic E-state index is -4.52. The minimum Gasteiger partial charge on any atom is -0.355 e. The van der Waals surface area contributed by atoms with Gasteiger partial charge in [-0.2, -0.15) is 13.2 Å². The molecule has 8 rings (SSSR count). The second kappa shape index (κ2) is 11.3. The summed E-state index contributed by atoms with van der Waals surface area (Å²) in [6.07, 6.45) is -4.52. The Morgan fingerprint density at radius 2 is 0.915 bits per heavy atom. The molecule has 0 unspecified atom stereocenters. The molecule has 0 atom stereocenters. The number of alkyl halides is 3. The molecule has 2 heterocycles. The molecule has 0 N–H and O–H groups in total. The van der Waals surface area contributed by atoms with Crippen LogP contribution in [0.5, 0.6) is 0 Å². The predicted molar refractivity (Wildman–Crippen MR) is 186 cm³/mol. The SMILES string of the molecule is CN1CN(c2cc(N3CN(c4c(-c5ccccc5)cccc4-c4ccccc4)c4ccccc43)cc(C(F)(F)F)c2)c2ccccc21. The van der Waals surface area contributed by atoms with Gasteiger partial charge in [0.05, 0.1) is 40.7 Å². The van der Waals surface area contributed by atoms with Crippen LogP contribution in [0.2, 0.25) is 0 Å². The van der Waals surface area contributed by atoms with Gasteiger partial charge >= 0.3 is 6.18 Å². The van der Waals surface area contributed by atoms with Gasteiger partial charge in [-0.05, 0) is 53.6 Å². The van der Waals surface area contributed by atoms with Crippen molar-refractivity contribution in [1.82, 2.24) is 0 Å². The topological polar surface area (TPSA) is 13.0 Å². The number of rotatable bonds is 5. The molecule has 232 valence electrons. The molecule has 0 radical (unpaired) electrons. The fourth-order valence-corrected chi connectivity index (χ4v) is 6.83. The average molecular weight is 625 g/mol. The van der Waals surface area contributed by atoms with Gasteiger partial charge in [0, 0.05) is 29.5 Å². The van der Waals surface area contributed by atoms with Crippen LogP contribution in [-0.4, -0.2) is 20.4 Å². The zero-order valence-corrected chi connectivity index (χ0v) is 25.7. The summed E-state index contributed by atoms with van der Waals surface area (Å²) in [6.45, 7) is 0.786. The number of para-hydroxylation sites is 5. The molecule has 6 aromatic rings. The lowest BCUT2D eigenvalue weighted by Crippen LogP contribution is -2.27. The summed E-state index contributed by atoms with van der Waals surface area (Å²) in [5.74, 6) is 0. The normalized spacial score (nSPS) is 14.0. The predicted octanol–water partition coefficient (Wildman–Crippen LogP) is 10.8. The quantitative estimate of drug-likeness (QED) is 0.189. The molecule has 6 aromatic carbocycles. The zero-order chi connectivity index (χ0) is 32.1. The molecule has 0 aromatic heterocycles. The largest absolute Gasteiger partial charge is 0.416 e. The number of benzene rings is 6. The van der Waals surface area contributed by atoms with Gasteiger partial charge in [-0.15, -0.1) is 0 Å². The Labute approximate surface area is 272 Å². The molecule has 0 fully saturated rings. The number of halogens is 3. The van der Waals surface area contributed by atoms with E-state index in [-0.39, 0.29) is 0 Å². The van der Waals surface area contributed by atoms with Gasteiger partial charge in [0.15, 0.2) is 0 Å². The first-order valence-electron chi connectivity index (χ1n) is 15.5. The molecule has 2 aliphatic heterocycles. The summed E-state index contributed by atoms with van der Waals surface area (Å²) >= 11 is 0. The molecule has 0 spiro atoms. The third-order valence-corrected chi connectivity index (χ3v) is 9.01. The van der Waals surface area contributed by atoms with Crippen molar-refractivity contribution in [2.75, 3.05) is 40.0 Å². The fraction of sp³-hybridized carbons (Fsp3) is 0.100. The van der Waals surface area contributed by atoms with Gasteiger partial charge in [-0.1, -0.05) is 103 Å². The minimum absolute atomic E-state index is 0.334. The van der Waals surface area contributed by atoms with Gasteiger partial charge in [0.2, 0.25) is 0 Å². The molecular weight excluding hydrogens is 593 g/mol. The highest BCUT2D eigenvalue weighted by atomic mass is 19.4. The summed E-state index contributed by atoms with van der Waals surface area (Å²) in [4.78, 5) is 8.23. The Kier molecular flexibility index (Phi) is 6.90. The molecule has 2 aliphatic rings. The van der Waals surface area contributed by atoms with Gasteiger partial charge in [-0.3, -0.25) is 0 Å². The van der Waals surface area contributed by atoms with E-state index in [0.717, 1.165) is 50.7 Å². The van der Waals surface area contributed by atoms with E-state index in [1.165, 1.54) is 12.1 Å². The summed E-state index contributed by atoms with van der Waals surface area (Å²) in [5, 5.41) is 0. The molecule has 0 bridgehead atoms. The first kappa shape index (κ1) is 28.8. The highest BCUT2D eigenvalue weighted by Gasteiger charge is 2.36. The van der Waals surface area contributed by atoms with Gasteiger partial charge in [0.25, 0.3) is 0 Å². The smallest absolute Gasteiger partial charge is 0.355 e. The van der Waals surface area contributed by atoms with Crippen LogP contribution >= 0.6 is 0 Å². The van der Waals surface area contributed by atoms with E-state index in [1.54, 1.807) is 0 Å². The van der Waals surface area contributed by atoms with Crippen LogP contribution in [0.1, 0.15) is 5.56 Å². The monoisotopic (exact) mass is 624 g/mol. The van der Waals surface area contributed by atoms with Gasteiger partial charge < -0.3 is 19.6 Å². The standard InChI is InChI=1S/C40H31F3N4/c1-44-26-45(36-20-9-8-19-35(36)44)31-23-30(40(41,42)43)24-32(25-31)46-27-47(38-22-11-10-21-37(38)46)39-33(28-13-4-2-5-14-28)17-12-18-34(39)29-15-6-3-7-16-29/h2-25H,26-27H2,1H3. The molecule has 0 amide bonds. The van der Waals surface area contributed by atoms with Crippen molar-refractivity contribution in [1.29, 1.82) is 0 Å². The Hall–Kier alpha value is -5.69. The zero-order valence-electron chi connectivity index (χ0n) is 25.7. The maximum Gasteiger partial charge on any atom is 0.416 e. The lowest BCUT2D eigenvalue weighted by atomic mass is 9.95. The summed E-state index contributed by atoms with van der Waals surface area (Å²) in [5.41, 5.74) is 9.16. The molecule has 0 saturated heterocycles. The van der Waals surface area contributed by atoms with Crippen LogP contribution in [0, 0.1) is 0 Å². The molecular formula is C40H31F3N4. The van der Waals surface area contributed by atoms with E-state index in [4.69, 9.17) is 0 Å². The van der Waals surface area contributed by atoms with Crippen LogP contribution in [0.15, 0.2) is 146 Å². The van der Waals surface area contributed by atoms with E-state index in [2.05, 4.69) is 47.4 Å². The van der Waals surface area contributed by atoms with E-state index in [1.807, 2.05) is 113 Å².